The van der Waals surface area contributed by atoms with Gasteiger partial charge in [-0.2, -0.15) is 16.8 Å². The molecule has 1 atom stereocenters. The van der Waals surface area contributed by atoms with Crippen LogP contribution in [0.25, 0.3) is 6.08 Å². The lowest BCUT2D eigenvalue weighted by molar-refractivity contribution is 0.0944. The molecule has 10 heteroatoms. The van der Waals surface area contributed by atoms with Crippen LogP contribution < -0.4 is 5.32 Å². The van der Waals surface area contributed by atoms with Crippen molar-refractivity contribution in [3.05, 3.63) is 65.2 Å². The molecule has 3 N–H and O–H groups in total. The van der Waals surface area contributed by atoms with Crippen LogP contribution in [-0.2, 0) is 26.7 Å². The van der Waals surface area contributed by atoms with Crippen LogP contribution in [0, 0.1) is 0 Å². The van der Waals surface area contributed by atoms with E-state index in [0.717, 1.165) is 6.07 Å². The summed E-state index contributed by atoms with van der Waals surface area (Å²) in [4.78, 5) is 11.0. The van der Waals surface area contributed by atoms with Gasteiger partial charge in [-0.1, -0.05) is 30.4 Å². The molecular formula is C17H15NO7S2. The number of fused-ring (bicyclic) bond motifs is 1. The molecule has 8 nitrogen and oxygen atoms in total. The van der Waals surface area contributed by atoms with Crippen molar-refractivity contribution in [1.82, 2.24) is 5.32 Å². The first-order valence-electron chi connectivity index (χ1n) is 7.72. The average molecular weight is 409 g/mol. The van der Waals surface area contributed by atoms with Gasteiger partial charge in [0.05, 0.1) is 10.9 Å². The molecule has 0 saturated heterocycles. The fourth-order valence-corrected chi connectivity index (χ4v) is 4.22. The van der Waals surface area contributed by atoms with Crippen LogP contribution in [0.5, 0.6) is 0 Å². The zero-order valence-electron chi connectivity index (χ0n) is 13.7. The van der Waals surface area contributed by atoms with Gasteiger partial charge in [-0.25, -0.2) is 0 Å². The zero-order valence-corrected chi connectivity index (χ0v) is 15.4. The number of nitrogens with one attached hydrogen (secondary N) is 1. The number of rotatable bonds is 4. The molecule has 0 heterocycles. The van der Waals surface area contributed by atoms with Gasteiger partial charge in [0.25, 0.3) is 26.1 Å². The number of hydrogen-bond acceptors (Lipinski definition) is 5. The van der Waals surface area contributed by atoms with Gasteiger partial charge in [0.2, 0.25) is 0 Å². The third-order valence-electron chi connectivity index (χ3n) is 4.06. The molecule has 1 aliphatic rings. The van der Waals surface area contributed by atoms with Crippen molar-refractivity contribution >= 4 is 32.2 Å². The zero-order chi connectivity index (χ0) is 19.8. The van der Waals surface area contributed by atoms with Crippen LogP contribution in [0.2, 0.25) is 0 Å². The van der Waals surface area contributed by atoms with Gasteiger partial charge in [0.1, 0.15) is 4.90 Å². The standard InChI is InChI=1S/C17H15NO7S2/c19-17(11-4-2-1-3-5-11)18-13-6-7-15-12(8-13)9-14(26(20,21)22)10-16(15)27(23,24)25/h1-7,9-10,13H,8H2,(H,18,19)(H,20,21,22)(H,23,24,25). The van der Waals surface area contributed by atoms with Gasteiger partial charge < -0.3 is 5.32 Å². The number of carbonyl (C=O) groups excluding carboxylic acids is 1. The molecule has 0 aromatic heterocycles. The maximum atomic E-state index is 12.3. The van der Waals surface area contributed by atoms with Crippen LogP contribution in [0.1, 0.15) is 21.5 Å². The Hall–Kier alpha value is -2.53. The van der Waals surface area contributed by atoms with Crippen molar-refractivity contribution in [3.8, 4) is 0 Å². The predicted octanol–water partition coefficient (Wildman–Crippen LogP) is 1.55. The van der Waals surface area contributed by atoms with E-state index >= 15 is 0 Å². The van der Waals surface area contributed by atoms with Gasteiger partial charge in [-0.3, -0.25) is 13.9 Å². The second-order valence-electron chi connectivity index (χ2n) is 5.95. The summed E-state index contributed by atoms with van der Waals surface area (Å²) >= 11 is 0. The molecule has 0 spiro atoms. The van der Waals surface area contributed by atoms with E-state index in [1.165, 1.54) is 6.08 Å². The SMILES string of the molecule is O=C(NC1C=Cc2c(cc(S(=O)(=O)O)cc2S(=O)(=O)O)C1)c1ccccc1. The minimum Gasteiger partial charge on any atom is -0.345 e. The minimum absolute atomic E-state index is 0.0796. The summed E-state index contributed by atoms with van der Waals surface area (Å²) in [6, 6.07) is 9.71. The van der Waals surface area contributed by atoms with Gasteiger partial charge >= 0.3 is 0 Å². The average Bonchev–Trinajstić information content (AvgIpc) is 2.59. The molecule has 0 bridgehead atoms. The smallest absolute Gasteiger partial charge is 0.295 e. The third-order valence-corrected chi connectivity index (χ3v) is 5.79. The highest BCUT2D eigenvalue weighted by molar-refractivity contribution is 7.86. The Balaban J connectivity index is 1.97. The summed E-state index contributed by atoms with van der Waals surface area (Å²) in [5, 5.41) is 2.74. The summed E-state index contributed by atoms with van der Waals surface area (Å²) in [7, 11) is -9.41. The van der Waals surface area contributed by atoms with Crippen molar-refractivity contribution in [3.63, 3.8) is 0 Å². The van der Waals surface area contributed by atoms with Gasteiger partial charge in [-0.15, -0.1) is 0 Å². The molecular weight excluding hydrogens is 394 g/mol. The van der Waals surface area contributed by atoms with E-state index in [4.69, 9.17) is 0 Å². The highest BCUT2D eigenvalue weighted by Crippen LogP contribution is 2.30. The first-order valence-corrected chi connectivity index (χ1v) is 10.6. The van der Waals surface area contributed by atoms with E-state index in [2.05, 4.69) is 5.32 Å². The summed E-state index contributed by atoms with van der Waals surface area (Å²) in [6.45, 7) is 0. The van der Waals surface area contributed by atoms with Gasteiger partial charge in [-0.05, 0) is 41.8 Å². The van der Waals surface area contributed by atoms with E-state index in [-0.39, 0.29) is 23.5 Å². The monoisotopic (exact) mass is 409 g/mol. The topological polar surface area (TPSA) is 138 Å². The third kappa shape index (κ3) is 4.25. The molecule has 142 valence electrons. The Kier molecular flexibility index (Phi) is 4.91. The maximum absolute atomic E-state index is 12.3. The lowest BCUT2D eigenvalue weighted by atomic mass is 9.94. The Morgan fingerprint density at radius 1 is 1.00 bits per heavy atom. The van der Waals surface area contributed by atoms with E-state index in [0.29, 0.717) is 11.6 Å². The van der Waals surface area contributed by atoms with Gasteiger partial charge in [0, 0.05) is 5.56 Å². The van der Waals surface area contributed by atoms with E-state index in [1.54, 1.807) is 36.4 Å². The summed E-state index contributed by atoms with van der Waals surface area (Å²) in [5.74, 6) is -0.352. The largest absolute Gasteiger partial charge is 0.345 e. The molecule has 2 aromatic carbocycles. The van der Waals surface area contributed by atoms with Gasteiger partial charge in [0.15, 0.2) is 0 Å². The first-order chi connectivity index (χ1) is 12.6. The molecule has 27 heavy (non-hydrogen) atoms. The summed E-state index contributed by atoms with van der Waals surface area (Å²) < 4.78 is 64.7. The van der Waals surface area contributed by atoms with Crippen molar-refractivity contribution in [2.45, 2.75) is 22.3 Å². The highest BCUT2D eigenvalue weighted by atomic mass is 32.2. The molecule has 3 rings (SSSR count). The maximum Gasteiger partial charge on any atom is 0.295 e. The van der Waals surface area contributed by atoms with Crippen molar-refractivity contribution in [1.29, 1.82) is 0 Å². The highest BCUT2D eigenvalue weighted by Gasteiger charge is 2.26. The second kappa shape index (κ2) is 6.89. The molecule has 0 radical (unpaired) electrons. The Morgan fingerprint density at radius 3 is 2.26 bits per heavy atom. The summed E-state index contributed by atoms with van der Waals surface area (Å²) in [6.07, 6.45) is 3.01. The number of carbonyl (C=O) groups is 1. The summed E-state index contributed by atoms with van der Waals surface area (Å²) in [5.41, 5.74) is 0.788. The molecule has 1 aliphatic carbocycles. The molecule has 1 unspecified atom stereocenters. The Labute approximate surface area is 156 Å². The molecule has 1 amide bonds. The number of amides is 1. The Bertz CT molecular complexity index is 1140. The fraction of sp³-hybridized carbons (Fsp3) is 0.118. The molecule has 0 fully saturated rings. The predicted molar refractivity (Wildman–Crippen MR) is 96.5 cm³/mol. The Morgan fingerprint density at radius 2 is 1.67 bits per heavy atom. The van der Waals surface area contributed by atoms with E-state index < -0.39 is 36.1 Å². The van der Waals surface area contributed by atoms with Crippen LogP contribution in [-0.4, -0.2) is 37.9 Å². The second-order valence-corrected chi connectivity index (χ2v) is 8.77. The van der Waals surface area contributed by atoms with Crippen LogP contribution >= 0.6 is 0 Å². The minimum atomic E-state index is -4.72. The number of benzene rings is 2. The van der Waals surface area contributed by atoms with Crippen LogP contribution in [0.15, 0.2) is 58.3 Å². The van der Waals surface area contributed by atoms with Crippen molar-refractivity contribution < 1.29 is 30.7 Å². The quantitative estimate of drug-likeness (QED) is 0.651. The van der Waals surface area contributed by atoms with E-state index in [9.17, 15) is 30.7 Å². The first kappa shape index (κ1) is 19.2. The van der Waals surface area contributed by atoms with Crippen LogP contribution in [0.4, 0.5) is 0 Å². The van der Waals surface area contributed by atoms with Crippen molar-refractivity contribution in [2.24, 2.45) is 0 Å². The molecule has 2 aromatic rings. The lowest BCUT2D eigenvalue weighted by Gasteiger charge is -2.22. The lowest BCUT2D eigenvalue weighted by Crippen LogP contribution is -2.36. The molecule has 0 saturated carbocycles. The van der Waals surface area contributed by atoms with E-state index in [1.807, 2.05) is 0 Å². The fourth-order valence-electron chi connectivity index (χ4n) is 2.83. The molecule has 0 aliphatic heterocycles. The number of hydrogen-bond donors (Lipinski definition) is 3. The van der Waals surface area contributed by atoms with Crippen LogP contribution in [0.3, 0.4) is 0 Å². The normalized spacial score (nSPS) is 16.6. The van der Waals surface area contributed by atoms with Crippen molar-refractivity contribution in [2.75, 3.05) is 0 Å².